The Bertz CT molecular complexity index is 1160. The summed E-state index contributed by atoms with van der Waals surface area (Å²) in [6, 6.07) is 23.3. The summed E-state index contributed by atoms with van der Waals surface area (Å²) in [6.45, 7) is 0.203. The first-order chi connectivity index (χ1) is 14.1. The van der Waals surface area contributed by atoms with Crippen molar-refractivity contribution in [3.8, 4) is 17.2 Å². The molecule has 0 atom stereocenters. The number of rotatable bonds is 7. The quantitative estimate of drug-likeness (QED) is 0.501. The Kier molecular flexibility index (Phi) is 5.41. The number of benzene rings is 3. The second-order valence-electron chi connectivity index (χ2n) is 6.35. The normalized spacial score (nSPS) is 11.3. The number of imidazole rings is 1. The summed E-state index contributed by atoms with van der Waals surface area (Å²) in [7, 11) is -3.62. The van der Waals surface area contributed by atoms with Crippen molar-refractivity contribution >= 4 is 10.0 Å². The van der Waals surface area contributed by atoms with E-state index in [9.17, 15) is 8.42 Å². The van der Waals surface area contributed by atoms with E-state index >= 15 is 0 Å². The lowest BCUT2D eigenvalue weighted by Gasteiger charge is -2.09. The Hall–Kier alpha value is -3.42. The van der Waals surface area contributed by atoms with Crippen LogP contribution >= 0.6 is 0 Å². The van der Waals surface area contributed by atoms with Crippen LogP contribution in [0.2, 0.25) is 0 Å². The first-order valence-corrected chi connectivity index (χ1v) is 10.5. The largest absolute Gasteiger partial charge is 0.457 e. The topological polar surface area (TPSA) is 73.2 Å². The smallest absolute Gasteiger partial charge is 0.240 e. The zero-order chi connectivity index (χ0) is 20.1. The van der Waals surface area contributed by atoms with Crippen molar-refractivity contribution in [3.05, 3.63) is 103 Å². The molecule has 0 amide bonds. The standard InChI is InChI=1S/C22H19N3O3S/c26-29(27,22-12-10-21(11-13-22)28-20-4-2-1-3-5-20)24-16-18-6-8-19(9-7-18)25-15-14-23-17-25/h1-15,17,24H,16H2. The van der Waals surface area contributed by atoms with Gasteiger partial charge in [-0.1, -0.05) is 30.3 Å². The van der Waals surface area contributed by atoms with E-state index in [1.807, 2.05) is 65.4 Å². The van der Waals surface area contributed by atoms with Crippen LogP contribution < -0.4 is 9.46 Å². The molecule has 6 nitrogen and oxygen atoms in total. The number of ether oxygens (including phenoxy) is 1. The molecule has 4 aromatic rings. The van der Waals surface area contributed by atoms with Gasteiger partial charge in [0.15, 0.2) is 0 Å². The maximum atomic E-state index is 12.6. The number of nitrogens with zero attached hydrogens (tertiary/aromatic N) is 2. The van der Waals surface area contributed by atoms with Crippen LogP contribution in [0, 0.1) is 0 Å². The molecule has 1 N–H and O–H groups in total. The first kappa shape index (κ1) is 18.9. The average Bonchev–Trinajstić information content (AvgIpc) is 3.29. The highest BCUT2D eigenvalue weighted by atomic mass is 32.2. The first-order valence-electron chi connectivity index (χ1n) is 9.00. The van der Waals surface area contributed by atoms with Crippen molar-refractivity contribution in [2.24, 2.45) is 0 Å². The molecular weight excluding hydrogens is 386 g/mol. The molecule has 3 aromatic carbocycles. The summed E-state index contributed by atoms with van der Waals surface area (Å²) in [5.41, 5.74) is 1.82. The second kappa shape index (κ2) is 8.30. The molecule has 0 radical (unpaired) electrons. The molecule has 29 heavy (non-hydrogen) atoms. The zero-order valence-corrected chi connectivity index (χ0v) is 16.3. The Balaban J connectivity index is 1.39. The average molecular weight is 405 g/mol. The minimum absolute atomic E-state index is 0.188. The number of hydrogen-bond acceptors (Lipinski definition) is 4. The molecular formula is C22H19N3O3S. The Morgan fingerprint density at radius 3 is 2.21 bits per heavy atom. The van der Waals surface area contributed by atoms with E-state index in [0.29, 0.717) is 11.5 Å². The van der Waals surface area contributed by atoms with Crippen molar-refractivity contribution in [1.82, 2.24) is 14.3 Å². The number of hydrogen-bond donors (Lipinski definition) is 1. The van der Waals surface area contributed by atoms with E-state index in [0.717, 1.165) is 11.3 Å². The lowest BCUT2D eigenvalue weighted by atomic mass is 10.2. The van der Waals surface area contributed by atoms with Gasteiger partial charge in [-0.2, -0.15) is 0 Å². The highest BCUT2D eigenvalue weighted by Gasteiger charge is 2.14. The SMILES string of the molecule is O=S(=O)(NCc1ccc(-n2ccnc2)cc1)c1ccc(Oc2ccccc2)cc1. The summed E-state index contributed by atoms with van der Waals surface area (Å²) >= 11 is 0. The molecule has 0 unspecified atom stereocenters. The van der Waals surface area contributed by atoms with Gasteiger partial charge < -0.3 is 9.30 Å². The zero-order valence-electron chi connectivity index (χ0n) is 15.5. The molecule has 4 rings (SSSR count). The van der Waals surface area contributed by atoms with Gasteiger partial charge in [0, 0.05) is 24.6 Å². The van der Waals surface area contributed by atoms with E-state index in [-0.39, 0.29) is 11.4 Å². The molecule has 146 valence electrons. The van der Waals surface area contributed by atoms with E-state index < -0.39 is 10.0 Å². The summed E-state index contributed by atoms with van der Waals surface area (Å²) in [6.07, 6.45) is 5.27. The van der Waals surface area contributed by atoms with Crippen molar-refractivity contribution in [2.45, 2.75) is 11.4 Å². The summed E-state index contributed by atoms with van der Waals surface area (Å²) < 4.78 is 35.3. The molecule has 0 aliphatic carbocycles. The molecule has 0 saturated carbocycles. The maximum Gasteiger partial charge on any atom is 0.240 e. The molecule has 1 aromatic heterocycles. The Morgan fingerprint density at radius 1 is 0.862 bits per heavy atom. The van der Waals surface area contributed by atoms with Gasteiger partial charge in [0.05, 0.1) is 11.2 Å². The van der Waals surface area contributed by atoms with Crippen molar-refractivity contribution in [3.63, 3.8) is 0 Å². The third-order valence-corrected chi connectivity index (χ3v) is 5.74. The van der Waals surface area contributed by atoms with Gasteiger partial charge in [-0.25, -0.2) is 18.1 Å². The van der Waals surface area contributed by atoms with E-state index in [2.05, 4.69) is 9.71 Å². The molecule has 7 heteroatoms. The highest BCUT2D eigenvalue weighted by Crippen LogP contribution is 2.22. The van der Waals surface area contributed by atoms with Crippen LogP contribution in [0.5, 0.6) is 11.5 Å². The number of nitrogens with one attached hydrogen (secondary N) is 1. The Labute approximate surface area is 169 Å². The number of aromatic nitrogens is 2. The van der Waals surface area contributed by atoms with E-state index in [1.165, 1.54) is 12.1 Å². The van der Waals surface area contributed by atoms with Crippen LogP contribution in [0.4, 0.5) is 0 Å². The molecule has 1 heterocycles. The van der Waals surface area contributed by atoms with Gasteiger partial charge in [-0.3, -0.25) is 0 Å². The molecule has 0 fully saturated rings. The maximum absolute atomic E-state index is 12.6. The van der Waals surface area contributed by atoms with Gasteiger partial charge >= 0.3 is 0 Å². The molecule has 0 aliphatic rings. The fourth-order valence-corrected chi connectivity index (χ4v) is 3.79. The minimum Gasteiger partial charge on any atom is -0.457 e. The van der Waals surface area contributed by atoms with Crippen LogP contribution in [-0.2, 0) is 16.6 Å². The van der Waals surface area contributed by atoms with Crippen molar-refractivity contribution < 1.29 is 13.2 Å². The van der Waals surface area contributed by atoms with Crippen LogP contribution in [0.3, 0.4) is 0 Å². The summed E-state index contributed by atoms with van der Waals surface area (Å²) in [5, 5.41) is 0. The van der Waals surface area contributed by atoms with Crippen molar-refractivity contribution in [1.29, 1.82) is 0 Å². The van der Waals surface area contributed by atoms with Gasteiger partial charge in [0.2, 0.25) is 10.0 Å². The van der Waals surface area contributed by atoms with Gasteiger partial charge in [0.25, 0.3) is 0 Å². The highest BCUT2D eigenvalue weighted by molar-refractivity contribution is 7.89. The molecule has 0 aliphatic heterocycles. The van der Waals surface area contributed by atoms with Gasteiger partial charge in [0.1, 0.15) is 11.5 Å². The number of para-hydroxylation sites is 1. The Morgan fingerprint density at radius 2 is 1.55 bits per heavy atom. The predicted octanol–water partition coefficient (Wildman–Crippen LogP) is 4.14. The van der Waals surface area contributed by atoms with Crippen LogP contribution in [0.15, 0.2) is 102 Å². The molecule has 0 saturated heterocycles. The summed E-state index contributed by atoms with van der Waals surface area (Å²) in [4.78, 5) is 4.20. The molecule has 0 spiro atoms. The monoisotopic (exact) mass is 405 g/mol. The van der Waals surface area contributed by atoms with Crippen molar-refractivity contribution in [2.75, 3.05) is 0 Å². The fraction of sp³-hybridized carbons (Fsp3) is 0.0455. The van der Waals surface area contributed by atoms with E-state index in [4.69, 9.17) is 4.74 Å². The summed E-state index contributed by atoms with van der Waals surface area (Å²) in [5.74, 6) is 1.27. The lowest BCUT2D eigenvalue weighted by Crippen LogP contribution is -2.23. The fourth-order valence-electron chi connectivity index (χ4n) is 2.77. The predicted molar refractivity (Wildman–Crippen MR) is 111 cm³/mol. The van der Waals surface area contributed by atoms with E-state index in [1.54, 1.807) is 24.7 Å². The third kappa shape index (κ3) is 4.71. The second-order valence-corrected chi connectivity index (χ2v) is 8.11. The third-order valence-electron chi connectivity index (χ3n) is 4.32. The van der Waals surface area contributed by atoms with Gasteiger partial charge in [-0.05, 0) is 54.1 Å². The lowest BCUT2D eigenvalue weighted by molar-refractivity contribution is 0.482. The minimum atomic E-state index is -3.62. The number of sulfonamides is 1. The molecule has 0 bridgehead atoms. The van der Waals surface area contributed by atoms with Crippen LogP contribution in [0.25, 0.3) is 5.69 Å². The van der Waals surface area contributed by atoms with Crippen LogP contribution in [0.1, 0.15) is 5.56 Å². The van der Waals surface area contributed by atoms with Crippen LogP contribution in [-0.4, -0.2) is 18.0 Å². The van der Waals surface area contributed by atoms with Gasteiger partial charge in [-0.15, -0.1) is 0 Å².